The first-order chi connectivity index (χ1) is 7.22. The molecule has 0 aromatic heterocycles. The summed E-state index contributed by atoms with van der Waals surface area (Å²) in [5.74, 6) is 0.0660. The zero-order valence-electron chi connectivity index (χ0n) is 9.55. The predicted molar refractivity (Wildman–Crippen MR) is 59.5 cm³/mol. The highest BCUT2D eigenvalue weighted by Crippen LogP contribution is 2.30. The van der Waals surface area contributed by atoms with Gasteiger partial charge in [0.05, 0.1) is 12.1 Å². The van der Waals surface area contributed by atoms with Crippen LogP contribution in [0.25, 0.3) is 0 Å². The summed E-state index contributed by atoms with van der Waals surface area (Å²) in [6.45, 7) is 3.85. The molecule has 1 amide bonds. The second-order valence-electron chi connectivity index (χ2n) is 4.25. The van der Waals surface area contributed by atoms with Crippen LogP contribution in [0.3, 0.4) is 0 Å². The van der Waals surface area contributed by atoms with Crippen molar-refractivity contribution in [3.8, 4) is 0 Å². The fraction of sp³-hybridized carbons (Fsp3) is 0.909. The van der Waals surface area contributed by atoms with Gasteiger partial charge >= 0.3 is 0 Å². The first-order valence-corrected chi connectivity index (χ1v) is 5.81. The van der Waals surface area contributed by atoms with Gasteiger partial charge in [0.15, 0.2) is 0 Å². The average Bonchev–Trinajstić information content (AvgIpc) is 2.18. The Bertz CT molecular complexity index is 197. The van der Waals surface area contributed by atoms with Crippen LogP contribution in [-0.4, -0.2) is 31.2 Å². The van der Waals surface area contributed by atoms with E-state index in [9.17, 15) is 4.79 Å². The Balaban J connectivity index is 2.12. The molecule has 0 heterocycles. The SMILES string of the molecule is CCCOCCC(=O)NC1(CN)CCC1. The minimum absolute atomic E-state index is 0.0660. The molecule has 88 valence electrons. The van der Waals surface area contributed by atoms with Crippen LogP contribution < -0.4 is 11.1 Å². The first-order valence-electron chi connectivity index (χ1n) is 5.81. The molecule has 0 radical (unpaired) electrons. The van der Waals surface area contributed by atoms with Crippen LogP contribution in [-0.2, 0) is 9.53 Å². The van der Waals surface area contributed by atoms with Crippen molar-refractivity contribution in [2.45, 2.75) is 44.6 Å². The summed E-state index contributed by atoms with van der Waals surface area (Å²) in [7, 11) is 0. The lowest BCUT2D eigenvalue weighted by molar-refractivity contribution is -0.125. The van der Waals surface area contributed by atoms with E-state index < -0.39 is 0 Å². The van der Waals surface area contributed by atoms with Crippen LogP contribution in [0, 0.1) is 0 Å². The minimum atomic E-state index is -0.0954. The molecule has 1 aliphatic carbocycles. The van der Waals surface area contributed by atoms with E-state index in [-0.39, 0.29) is 11.4 Å². The topological polar surface area (TPSA) is 64.3 Å². The molecule has 3 N–H and O–H groups in total. The second kappa shape index (κ2) is 6.08. The highest BCUT2D eigenvalue weighted by atomic mass is 16.5. The molecule has 0 saturated heterocycles. The van der Waals surface area contributed by atoms with Crippen molar-refractivity contribution < 1.29 is 9.53 Å². The number of hydrogen-bond acceptors (Lipinski definition) is 3. The lowest BCUT2D eigenvalue weighted by atomic mass is 9.77. The number of hydrogen-bond donors (Lipinski definition) is 2. The summed E-state index contributed by atoms with van der Waals surface area (Å²) >= 11 is 0. The van der Waals surface area contributed by atoms with Crippen LogP contribution in [0.5, 0.6) is 0 Å². The summed E-state index contributed by atoms with van der Waals surface area (Å²) in [6.07, 6.45) is 4.65. The van der Waals surface area contributed by atoms with Crippen LogP contribution in [0.1, 0.15) is 39.0 Å². The molecule has 0 aliphatic heterocycles. The Morgan fingerprint density at radius 2 is 2.20 bits per heavy atom. The van der Waals surface area contributed by atoms with Crippen molar-refractivity contribution in [2.24, 2.45) is 5.73 Å². The van der Waals surface area contributed by atoms with Gasteiger partial charge in [0, 0.05) is 19.6 Å². The van der Waals surface area contributed by atoms with Crippen molar-refractivity contribution in [1.29, 1.82) is 0 Å². The third-order valence-corrected chi connectivity index (χ3v) is 2.93. The van der Waals surface area contributed by atoms with Crippen molar-refractivity contribution in [3.05, 3.63) is 0 Å². The van der Waals surface area contributed by atoms with E-state index in [0.29, 0.717) is 19.6 Å². The smallest absolute Gasteiger partial charge is 0.222 e. The van der Waals surface area contributed by atoms with Gasteiger partial charge in [-0.25, -0.2) is 0 Å². The number of carbonyl (C=O) groups excluding carboxylic acids is 1. The third-order valence-electron chi connectivity index (χ3n) is 2.93. The van der Waals surface area contributed by atoms with Gasteiger partial charge in [0.25, 0.3) is 0 Å². The Kier molecular flexibility index (Phi) is 5.05. The normalized spacial score (nSPS) is 18.3. The molecule has 1 saturated carbocycles. The molecular formula is C11H22N2O2. The molecule has 0 spiro atoms. The van der Waals surface area contributed by atoms with E-state index in [1.807, 2.05) is 0 Å². The first kappa shape index (κ1) is 12.5. The fourth-order valence-electron chi connectivity index (χ4n) is 1.75. The molecule has 0 aromatic carbocycles. The highest BCUT2D eigenvalue weighted by Gasteiger charge is 2.36. The molecule has 0 bridgehead atoms. The summed E-state index contributed by atoms with van der Waals surface area (Å²) in [5, 5.41) is 3.01. The van der Waals surface area contributed by atoms with Gasteiger partial charge in [0.1, 0.15) is 0 Å². The van der Waals surface area contributed by atoms with Gasteiger partial charge < -0.3 is 15.8 Å². The Morgan fingerprint density at radius 3 is 2.67 bits per heavy atom. The van der Waals surface area contributed by atoms with Crippen molar-refractivity contribution in [3.63, 3.8) is 0 Å². The van der Waals surface area contributed by atoms with Gasteiger partial charge in [-0.1, -0.05) is 6.92 Å². The van der Waals surface area contributed by atoms with Crippen molar-refractivity contribution in [1.82, 2.24) is 5.32 Å². The number of nitrogens with two attached hydrogens (primary N) is 1. The maximum Gasteiger partial charge on any atom is 0.222 e. The molecule has 4 heteroatoms. The molecular weight excluding hydrogens is 192 g/mol. The summed E-state index contributed by atoms with van der Waals surface area (Å²) in [6, 6.07) is 0. The zero-order valence-corrected chi connectivity index (χ0v) is 9.55. The molecule has 0 aromatic rings. The molecule has 1 fully saturated rings. The molecule has 1 aliphatic rings. The summed E-state index contributed by atoms with van der Waals surface area (Å²) in [4.78, 5) is 11.5. The Labute approximate surface area is 91.5 Å². The van der Waals surface area contributed by atoms with Gasteiger partial charge in [-0.2, -0.15) is 0 Å². The molecule has 0 unspecified atom stereocenters. The second-order valence-corrected chi connectivity index (χ2v) is 4.25. The molecule has 0 atom stereocenters. The number of ether oxygens (including phenoxy) is 1. The summed E-state index contributed by atoms with van der Waals surface area (Å²) < 4.78 is 5.26. The third kappa shape index (κ3) is 3.80. The van der Waals surface area contributed by atoms with Crippen LogP contribution in [0.4, 0.5) is 0 Å². The van der Waals surface area contributed by atoms with Gasteiger partial charge in [-0.3, -0.25) is 4.79 Å². The van der Waals surface area contributed by atoms with Gasteiger partial charge in [-0.15, -0.1) is 0 Å². The largest absolute Gasteiger partial charge is 0.381 e. The van der Waals surface area contributed by atoms with E-state index in [0.717, 1.165) is 25.9 Å². The molecule has 1 rings (SSSR count). The number of rotatable bonds is 7. The van der Waals surface area contributed by atoms with Gasteiger partial charge in [0.2, 0.25) is 5.91 Å². The predicted octanol–water partition coefficient (Wildman–Crippen LogP) is 0.801. The molecule has 4 nitrogen and oxygen atoms in total. The lowest BCUT2D eigenvalue weighted by Crippen LogP contribution is -2.58. The highest BCUT2D eigenvalue weighted by molar-refractivity contribution is 5.77. The average molecular weight is 214 g/mol. The van der Waals surface area contributed by atoms with Crippen molar-refractivity contribution >= 4 is 5.91 Å². The Hall–Kier alpha value is -0.610. The van der Waals surface area contributed by atoms with E-state index in [2.05, 4.69) is 12.2 Å². The van der Waals surface area contributed by atoms with E-state index in [4.69, 9.17) is 10.5 Å². The maximum absolute atomic E-state index is 11.5. The summed E-state index contributed by atoms with van der Waals surface area (Å²) in [5.41, 5.74) is 5.55. The number of amides is 1. The maximum atomic E-state index is 11.5. The zero-order chi connectivity index (χ0) is 11.1. The lowest BCUT2D eigenvalue weighted by Gasteiger charge is -2.41. The van der Waals surface area contributed by atoms with Crippen LogP contribution >= 0.6 is 0 Å². The van der Waals surface area contributed by atoms with E-state index in [1.54, 1.807) is 0 Å². The van der Waals surface area contributed by atoms with E-state index in [1.165, 1.54) is 6.42 Å². The standard InChI is InChI=1S/C11H22N2O2/c1-2-7-15-8-4-10(14)13-11(9-12)5-3-6-11/h2-9,12H2,1H3,(H,13,14). The van der Waals surface area contributed by atoms with Crippen LogP contribution in [0.15, 0.2) is 0 Å². The van der Waals surface area contributed by atoms with Crippen LogP contribution in [0.2, 0.25) is 0 Å². The minimum Gasteiger partial charge on any atom is -0.381 e. The fourth-order valence-corrected chi connectivity index (χ4v) is 1.75. The monoisotopic (exact) mass is 214 g/mol. The van der Waals surface area contributed by atoms with E-state index >= 15 is 0 Å². The number of carbonyl (C=O) groups is 1. The van der Waals surface area contributed by atoms with Crippen molar-refractivity contribution in [2.75, 3.05) is 19.8 Å². The Morgan fingerprint density at radius 1 is 1.47 bits per heavy atom. The van der Waals surface area contributed by atoms with Gasteiger partial charge in [-0.05, 0) is 25.7 Å². The molecule has 15 heavy (non-hydrogen) atoms. The quantitative estimate of drug-likeness (QED) is 0.616. The number of nitrogens with one attached hydrogen (secondary N) is 1.